The lowest BCUT2D eigenvalue weighted by molar-refractivity contribution is -0.109. The standard InChI is InChI=1S/C20H27N5O.C10H16O.C2H4/c1-4-18-17(11-12-22-15-26)20(25(5-2)14-21-3)24-19(23-18)13-16-9-7-6-8-10-16;1-4-6-8-10(7-5-2)9-11-3;1-2/h6-10,14-15H,4-5,11-13H2,1-3H3,(H,22,26);4-8H,9H2,1-3H3;1-2H2/b;6-4-,7-5-,10-8+;. The fourth-order valence-corrected chi connectivity index (χ4v) is 3.64. The zero-order valence-corrected chi connectivity index (χ0v) is 24.7. The number of benzene rings is 1. The summed E-state index contributed by atoms with van der Waals surface area (Å²) in [7, 11) is 3.45. The molecular formula is C32H47N5O2. The first-order chi connectivity index (χ1) is 19.1. The zero-order valence-electron chi connectivity index (χ0n) is 24.7. The van der Waals surface area contributed by atoms with E-state index in [2.05, 4.69) is 49.4 Å². The third-order valence-corrected chi connectivity index (χ3v) is 5.32. The number of nitrogens with one attached hydrogen (secondary N) is 1. The van der Waals surface area contributed by atoms with Crippen LogP contribution in [0.1, 0.15) is 50.3 Å². The van der Waals surface area contributed by atoms with Crippen molar-refractivity contribution >= 4 is 18.6 Å². The number of amides is 1. The molecule has 1 heterocycles. The van der Waals surface area contributed by atoms with Crippen molar-refractivity contribution in [3.63, 3.8) is 0 Å². The molecular weight excluding hydrogens is 486 g/mol. The van der Waals surface area contributed by atoms with Gasteiger partial charge in [0.1, 0.15) is 11.6 Å². The van der Waals surface area contributed by atoms with E-state index in [0.29, 0.717) is 26.0 Å². The molecule has 0 aliphatic carbocycles. The van der Waals surface area contributed by atoms with Crippen molar-refractivity contribution in [1.82, 2.24) is 15.3 Å². The molecule has 0 spiro atoms. The van der Waals surface area contributed by atoms with Gasteiger partial charge in [0, 0.05) is 44.9 Å². The molecule has 1 aromatic carbocycles. The molecule has 2 rings (SSSR count). The highest BCUT2D eigenvalue weighted by molar-refractivity contribution is 5.78. The first-order valence-corrected chi connectivity index (χ1v) is 13.3. The number of hydrogen-bond donors (Lipinski definition) is 1. The minimum atomic E-state index is 0.561. The minimum Gasteiger partial charge on any atom is -0.380 e. The third kappa shape index (κ3) is 14.0. The smallest absolute Gasteiger partial charge is 0.207 e. The van der Waals surface area contributed by atoms with E-state index in [-0.39, 0.29) is 0 Å². The fourth-order valence-electron chi connectivity index (χ4n) is 3.64. The van der Waals surface area contributed by atoms with Crippen LogP contribution in [-0.4, -0.2) is 56.6 Å². The summed E-state index contributed by atoms with van der Waals surface area (Å²) in [5.41, 5.74) is 4.47. The Kier molecular flexibility index (Phi) is 21.0. The van der Waals surface area contributed by atoms with E-state index < -0.39 is 0 Å². The molecule has 0 bridgehead atoms. The topological polar surface area (TPSA) is 79.7 Å². The molecule has 0 atom stereocenters. The van der Waals surface area contributed by atoms with Gasteiger partial charge in [-0.25, -0.2) is 9.97 Å². The second kappa shape index (κ2) is 23.3. The van der Waals surface area contributed by atoms with Gasteiger partial charge in [0.25, 0.3) is 0 Å². The van der Waals surface area contributed by atoms with E-state index >= 15 is 0 Å². The lowest BCUT2D eigenvalue weighted by Gasteiger charge is -2.22. The predicted molar refractivity (Wildman–Crippen MR) is 167 cm³/mol. The van der Waals surface area contributed by atoms with Crippen molar-refractivity contribution in [3.8, 4) is 0 Å². The number of ether oxygens (including phenoxy) is 1. The van der Waals surface area contributed by atoms with Crippen molar-refractivity contribution in [2.75, 3.05) is 38.8 Å². The van der Waals surface area contributed by atoms with Crippen molar-refractivity contribution in [2.45, 2.75) is 47.0 Å². The number of methoxy groups -OCH3 is 1. The second-order valence-corrected chi connectivity index (χ2v) is 8.09. The van der Waals surface area contributed by atoms with Crippen LogP contribution in [0.15, 0.2) is 84.4 Å². The monoisotopic (exact) mass is 533 g/mol. The van der Waals surface area contributed by atoms with E-state index in [1.54, 1.807) is 20.5 Å². The molecule has 0 saturated heterocycles. The molecule has 1 amide bonds. The van der Waals surface area contributed by atoms with Gasteiger partial charge in [0.2, 0.25) is 6.41 Å². The summed E-state index contributed by atoms with van der Waals surface area (Å²) >= 11 is 0. The van der Waals surface area contributed by atoms with Gasteiger partial charge in [-0.3, -0.25) is 9.79 Å². The van der Waals surface area contributed by atoms with Crippen LogP contribution in [0.3, 0.4) is 0 Å². The average molecular weight is 534 g/mol. The Hall–Kier alpha value is -3.84. The molecule has 0 aliphatic rings. The summed E-state index contributed by atoms with van der Waals surface area (Å²) in [5, 5.41) is 2.73. The number of nitrogens with zero attached hydrogens (tertiary/aromatic N) is 4. The van der Waals surface area contributed by atoms with E-state index in [9.17, 15) is 4.79 Å². The van der Waals surface area contributed by atoms with Crippen LogP contribution in [0.5, 0.6) is 0 Å². The van der Waals surface area contributed by atoms with E-state index in [1.165, 1.54) is 11.1 Å². The summed E-state index contributed by atoms with van der Waals surface area (Å²) in [4.78, 5) is 26.5. The summed E-state index contributed by atoms with van der Waals surface area (Å²) in [5.74, 6) is 1.68. The number of allylic oxidation sites excluding steroid dienone is 4. The maximum Gasteiger partial charge on any atom is 0.207 e. The minimum absolute atomic E-state index is 0.561. The fraction of sp³-hybridized carbons (Fsp3) is 0.375. The Morgan fingerprint density at radius 1 is 1.13 bits per heavy atom. The number of anilines is 1. The quantitative estimate of drug-likeness (QED) is 0.0815. The molecule has 7 heteroatoms. The number of aryl methyl sites for hydroxylation is 1. The van der Waals surface area contributed by atoms with Gasteiger partial charge in [0.05, 0.1) is 12.9 Å². The molecule has 0 aliphatic heterocycles. The third-order valence-electron chi connectivity index (χ3n) is 5.32. The van der Waals surface area contributed by atoms with Crippen LogP contribution in [0.25, 0.3) is 0 Å². The molecule has 0 fully saturated rings. The van der Waals surface area contributed by atoms with Crippen molar-refractivity contribution < 1.29 is 9.53 Å². The van der Waals surface area contributed by atoms with Crippen molar-refractivity contribution in [2.24, 2.45) is 4.99 Å². The number of carbonyl (C=O) groups excluding carboxylic acids is 1. The van der Waals surface area contributed by atoms with Gasteiger partial charge >= 0.3 is 0 Å². The first-order valence-electron chi connectivity index (χ1n) is 13.3. The van der Waals surface area contributed by atoms with Crippen molar-refractivity contribution in [1.29, 1.82) is 0 Å². The largest absolute Gasteiger partial charge is 0.380 e. The Bertz CT molecular complexity index is 1050. The number of hydrogen-bond acceptors (Lipinski definition) is 5. The van der Waals surface area contributed by atoms with Crippen LogP contribution in [0.4, 0.5) is 5.82 Å². The Balaban J connectivity index is 0.000000935. The van der Waals surface area contributed by atoms with Crippen LogP contribution >= 0.6 is 0 Å². The number of aromatic nitrogens is 2. The summed E-state index contributed by atoms with van der Waals surface area (Å²) in [6.45, 7) is 16.2. The molecule has 1 N–H and O–H groups in total. The Morgan fingerprint density at radius 3 is 2.38 bits per heavy atom. The van der Waals surface area contributed by atoms with E-state index in [1.807, 2.05) is 67.3 Å². The van der Waals surface area contributed by atoms with E-state index in [0.717, 1.165) is 42.3 Å². The zero-order chi connectivity index (χ0) is 29.3. The molecule has 2 aromatic rings. The van der Waals surface area contributed by atoms with Gasteiger partial charge in [-0.1, -0.05) is 67.6 Å². The highest BCUT2D eigenvalue weighted by Crippen LogP contribution is 2.23. The van der Waals surface area contributed by atoms with Gasteiger partial charge in [-0.2, -0.15) is 0 Å². The van der Waals surface area contributed by atoms with Gasteiger partial charge in [-0.15, -0.1) is 13.2 Å². The first kappa shape index (κ1) is 35.2. The maximum absolute atomic E-state index is 10.6. The second-order valence-electron chi connectivity index (χ2n) is 8.09. The molecule has 7 nitrogen and oxygen atoms in total. The Labute approximate surface area is 236 Å². The lowest BCUT2D eigenvalue weighted by Crippen LogP contribution is -2.26. The highest BCUT2D eigenvalue weighted by atomic mass is 16.5. The van der Waals surface area contributed by atoms with Crippen LogP contribution < -0.4 is 10.2 Å². The normalized spacial score (nSPS) is 11.2. The molecule has 0 radical (unpaired) electrons. The maximum atomic E-state index is 10.6. The Morgan fingerprint density at radius 2 is 1.85 bits per heavy atom. The lowest BCUT2D eigenvalue weighted by atomic mass is 10.1. The summed E-state index contributed by atoms with van der Waals surface area (Å²) < 4.78 is 5.00. The molecule has 1 aromatic heterocycles. The molecule has 0 saturated carbocycles. The SMILES string of the molecule is C=C.CCc1nc(Cc2ccccc2)nc(N(C=NC)CC)c1CCNC=O.C\C=C/C=C(\C=C/C)COC. The van der Waals surface area contributed by atoms with Gasteiger partial charge in [-0.05, 0) is 44.7 Å². The molecule has 0 unspecified atom stereocenters. The predicted octanol–water partition coefficient (Wildman–Crippen LogP) is 5.92. The molecule has 39 heavy (non-hydrogen) atoms. The highest BCUT2D eigenvalue weighted by Gasteiger charge is 2.17. The van der Waals surface area contributed by atoms with Gasteiger partial charge < -0.3 is 15.0 Å². The van der Waals surface area contributed by atoms with Gasteiger partial charge in [0.15, 0.2) is 0 Å². The van der Waals surface area contributed by atoms with Crippen LogP contribution in [0, 0.1) is 0 Å². The molecule has 212 valence electrons. The van der Waals surface area contributed by atoms with Crippen molar-refractivity contribution in [3.05, 3.63) is 102 Å². The number of carbonyl (C=O) groups is 1. The average Bonchev–Trinajstić information content (AvgIpc) is 2.97. The van der Waals surface area contributed by atoms with Crippen LogP contribution in [-0.2, 0) is 28.8 Å². The number of rotatable bonds is 14. The number of aliphatic imine (C=N–C) groups is 1. The summed E-state index contributed by atoms with van der Waals surface area (Å²) in [6, 6.07) is 10.2. The van der Waals surface area contributed by atoms with E-state index in [4.69, 9.17) is 14.7 Å². The van der Waals surface area contributed by atoms with Crippen LogP contribution in [0.2, 0.25) is 0 Å². The summed E-state index contributed by atoms with van der Waals surface area (Å²) in [6.07, 6.45) is 14.8.